The molecule has 0 radical (unpaired) electrons. The summed E-state index contributed by atoms with van der Waals surface area (Å²) in [5.74, 6) is 0.423. The van der Waals surface area contributed by atoms with E-state index < -0.39 is 0 Å². The van der Waals surface area contributed by atoms with Gasteiger partial charge in [-0.05, 0) is 55.0 Å². The zero-order chi connectivity index (χ0) is 19.8. The first-order chi connectivity index (χ1) is 13.6. The van der Waals surface area contributed by atoms with E-state index in [9.17, 15) is 4.79 Å². The summed E-state index contributed by atoms with van der Waals surface area (Å²) in [7, 11) is 1.65. The molecule has 0 fully saturated rings. The van der Waals surface area contributed by atoms with Crippen molar-refractivity contribution in [1.82, 2.24) is 4.57 Å². The second-order valence-corrected chi connectivity index (χ2v) is 7.35. The van der Waals surface area contributed by atoms with E-state index in [1.165, 1.54) is 11.1 Å². The molecule has 2 aromatic carbocycles. The van der Waals surface area contributed by atoms with E-state index in [1.807, 2.05) is 31.2 Å². The minimum atomic E-state index is -0.372. The average molecular weight is 374 g/mol. The molecule has 4 nitrogen and oxygen atoms in total. The Morgan fingerprint density at radius 1 is 1.18 bits per heavy atom. The van der Waals surface area contributed by atoms with E-state index in [4.69, 9.17) is 10.5 Å². The summed E-state index contributed by atoms with van der Waals surface area (Å²) in [4.78, 5) is 12.5. The number of aromatic nitrogens is 1. The number of hydrogen-bond acceptors (Lipinski definition) is 2. The van der Waals surface area contributed by atoms with Crippen LogP contribution in [0.1, 0.15) is 52.3 Å². The highest BCUT2D eigenvalue weighted by Crippen LogP contribution is 2.41. The maximum absolute atomic E-state index is 12.5. The number of carbonyl (C=O) groups excluding carboxylic acids is 1. The number of rotatable bonds is 5. The summed E-state index contributed by atoms with van der Waals surface area (Å²) in [6.07, 6.45) is 2.93. The molecule has 4 heteroatoms. The van der Waals surface area contributed by atoms with Gasteiger partial charge in [0.1, 0.15) is 5.75 Å². The molecule has 1 amide bonds. The molecule has 1 unspecified atom stereocenters. The smallest absolute Gasteiger partial charge is 0.251 e. The van der Waals surface area contributed by atoms with Crippen molar-refractivity contribution in [2.75, 3.05) is 7.11 Å². The van der Waals surface area contributed by atoms with Gasteiger partial charge in [0.15, 0.2) is 0 Å². The summed E-state index contributed by atoms with van der Waals surface area (Å²) in [6.45, 7) is 4.16. The van der Waals surface area contributed by atoms with Gasteiger partial charge in [0.05, 0.1) is 18.7 Å². The molecule has 1 aromatic heterocycles. The second-order valence-electron chi connectivity index (χ2n) is 7.35. The van der Waals surface area contributed by atoms with Crippen LogP contribution in [-0.2, 0) is 12.8 Å². The molecule has 1 aliphatic carbocycles. The lowest BCUT2D eigenvalue weighted by molar-refractivity contribution is 0.1000. The van der Waals surface area contributed by atoms with Crippen LogP contribution in [0.15, 0.2) is 48.5 Å². The van der Waals surface area contributed by atoms with Crippen LogP contribution in [0, 0.1) is 6.92 Å². The molecule has 2 N–H and O–H groups in total. The van der Waals surface area contributed by atoms with Crippen molar-refractivity contribution < 1.29 is 9.53 Å². The lowest BCUT2D eigenvalue weighted by atomic mass is 9.98. The van der Waals surface area contributed by atoms with Gasteiger partial charge >= 0.3 is 0 Å². The number of ether oxygens (including phenoxy) is 1. The number of fused-ring (bicyclic) bond motifs is 1. The topological polar surface area (TPSA) is 57.2 Å². The van der Waals surface area contributed by atoms with Gasteiger partial charge < -0.3 is 15.0 Å². The molecule has 1 aliphatic rings. The highest BCUT2D eigenvalue weighted by molar-refractivity contribution is 6.02. The zero-order valence-electron chi connectivity index (χ0n) is 16.7. The molecule has 3 aromatic rings. The number of carbonyl (C=O) groups is 1. The molecular formula is C24H26N2O2. The fourth-order valence-corrected chi connectivity index (χ4v) is 4.71. The Hall–Kier alpha value is -3.01. The Bertz CT molecular complexity index is 1030. The number of benzene rings is 2. The van der Waals surface area contributed by atoms with Crippen molar-refractivity contribution in [2.45, 2.75) is 39.2 Å². The first-order valence-corrected chi connectivity index (χ1v) is 9.82. The largest absolute Gasteiger partial charge is 0.497 e. The normalized spacial score (nSPS) is 15.5. The van der Waals surface area contributed by atoms with E-state index in [0.29, 0.717) is 5.56 Å². The number of amides is 1. The van der Waals surface area contributed by atoms with Crippen molar-refractivity contribution in [3.8, 4) is 16.9 Å². The van der Waals surface area contributed by atoms with Crippen molar-refractivity contribution >= 4 is 5.91 Å². The Morgan fingerprint density at radius 3 is 2.54 bits per heavy atom. The second kappa shape index (κ2) is 7.19. The Morgan fingerprint density at radius 2 is 1.89 bits per heavy atom. The monoisotopic (exact) mass is 374 g/mol. The average Bonchev–Trinajstić information content (AvgIpc) is 3.26. The predicted molar refractivity (Wildman–Crippen MR) is 112 cm³/mol. The van der Waals surface area contributed by atoms with Crippen molar-refractivity contribution in [2.24, 2.45) is 5.73 Å². The summed E-state index contributed by atoms with van der Waals surface area (Å²) < 4.78 is 7.64. The van der Waals surface area contributed by atoms with Crippen LogP contribution in [0.4, 0.5) is 0 Å². The number of primary amides is 1. The third kappa shape index (κ3) is 2.80. The molecular weight excluding hydrogens is 348 g/mol. The molecule has 144 valence electrons. The van der Waals surface area contributed by atoms with Crippen molar-refractivity contribution in [1.29, 1.82) is 0 Å². The predicted octanol–water partition coefficient (Wildman–Crippen LogP) is 4.67. The van der Waals surface area contributed by atoms with Gasteiger partial charge in [-0.2, -0.15) is 0 Å². The SMILES string of the molecule is CCc1c(-c2ccc(OC)cc2)c(C(N)=O)c(C)n1C1CCc2ccccc21. The van der Waals surface area contributed by atoms with Crippen LogP contribution < -0.4 is 10.5 Å². The summed E-state index contributed by atoms with van der Waals surface area (Å²) in [5.41, 5.74) is 13.3. The van der Waals surface area contributed by atoms with Crippen LogP contribution in [0.25, 0.3) is 11.1 Å². The standard InChI is InChI=1S/C24H26N2O2/c1-4-20-23(17-9-12-18(28-3)13-10-17)22(24(25)27)15(2)26(20)21-14-11-16-7-5-6-8-19(16)21/h5-10,12-13,21H,4,11,14H2,1-3H3,(H2,25,27). The molecule has 28 heavy (non-hydrogen) atoms. The molecule has 1 heterocycles. The van der Waals surface area contributed by atoms with E-state index in [2.05, 4.69) is 35.8 Å². The molecule has 0 saturated carbocycles. The maximum Gasteiger partial charge on any atom is 0.251 e. The summed E-state index contributed by atoms with van der Waals surface area (Å²) in [6, 6.07) is 16.7. The minimum Gasteiger partial charge on any atom is -0.497 e. The number of hydrogen-bond donors (Lipinski definition) is 1. The van der Waals surface area contributed by atoms with Gasteiger partial charge in [-0.25, -0.2) is 0 Å². The van der Waals surface area contributed by atoms with Gasteiger partial charge in [-0.3, -0.25) is 4.79 Å². The van der Waals surface area contributed by atoms with Crippen LogP contribution in [0.5, 0.6) is 5.75 Å². The van der Waals surface area contributed by atoms with Gasteiger partial charge in [-0.1, -0.05) is 43.3 Å². The van der Waals surface area contributed by atoms with Crippen molar-refractivity contribution in [3.63, 3.8) is 0 Å². The molecule has 4 rings (SSSR count). The maximum atomic E-state index is 12.5. The number of nitrogens with zero attached hydrogens (tertiary/aromatic N) is 1. The first kappa shape index (κ1) is 18.4. The highest BCUT2D eigenvalue weighted by Gasteiger charge is 2.31. The third-order valence-electron chi connectivity index (χ3n) is 5.93. The fraction of sp³-hybridized carbons (Fsp3) is 0.292. The lowest BCUT2D eigenvalue weighted by Crippen LogP contribution is -2.15. The molecule has 0 saturated heterocycles. The van der Waals surface area contributed by atoms with E-state index in [-0.39, 0.29) is 11.9 Å². The quantitative estimate of drug-likeness (QED) is 0.705. The van der Waals surface area contributed by atoms with E-state index in [1.54, 1.807) is 7.11 Å². The molecule has 1 atom stereocenters. The molecule has 0 bridgehead atoms. The number of methoxy groups -OCH3 is 1. The van der Waals surface area contributed by atoms with Crippen LogP contribution in [0.2, 0.25) is 0 Å². The first-order valence-electron chi connectivity index (χ1n) is 9.82. The minimum absolute atomic E-state index is 0.247. The van der Waals surface area contributed by atoms with Crippen LogP contribution >= 0.6 is 0 Å². The highest BCUT2D eigenvalue weighted by atomic mass is 16.5. The Balaban J connectivity index is 1.95. The summed E-state index contributed by atoms with van der Waals surface area (Å²) >= 11 is 0. The third-order valence-corrected chi connectivity index (χ3v) is 5.93. The van der Waals surface area contributed by atoms with Crippen LogP contribution in [-0.4, -0.2) is 17.6 Å². The summed E-state index contributed by atoms with van der Waals surface area (Å²) in [5, 5.41) is 0. The van der Waals surface area contributed by atoms with Gasteiger partial charge in [0.2, 0.25) is 0 Å². The van der Waals surface area contributed by atoms with Gasteiger partial charge in [-0.15, -0.1) is 0 Å². The number of nitrogens with two attached hydrogens (primary N) is 1. The van der Waals surface area contributed by atoms with Crippen LogP contribution in [0.3, 0.4) is 0 Å². The van der Waals surface area contributed by atoms with E-state index in [0.717, 1.165) is 47.5 Å². The molecule has 0 spiro atoms. The van der Waals surface area contributed by atoms with Crippen molar-refractivity contribution in [3.05, 3.63) is 76.6 Å². The Labute approximate surface area is 165 Å². The molecule has 0 aliphatic heterocycles. The number of aryl methyl sites for hydroxylation is 1. The Kier molecular flexibility index (Phi) is 4.71. The zero-order valence-corrected chi connectivity index (χ0v) is 16.7. The van der Waals surface area contributed by atoms with Gasteiger partial charge in [0.25, 0.3) is 5.91 Å². The van der Waals surface area contributed by atoms with E-state index >= 15 is 0 Å². The van der Waals surface area contributed by atoms with Gasteiger partial charge in [0, 0.05) is 17.0 Å². The fourth-order valence-electron chi connectivity index (χ4n) is 4.71. The lowest BCUT2D eigenvalue weighted by Gasteiger charge is -2.20.